The Balaban J connectivity index is 2.38. The third kappa shape index (κ3) is 1.46. The first kappa shape index (κ1) is 9.09. The van der Waals surface area contributed by atoms with Crippen molar-refractivity contribution in [3.63, 3.8) is 0 Å². The van der Waals surface area contributed by atoms with Crippen LogP contribution >= 0.6 is 11.6 Å². The van der Waals surface area contributed by atoms with Gasteiger partial charge in [0.2, 0.25) is 5.78 Å². The van der Waals surface area contributed by atoms with Crippen LogP contribution < -0.4 is 0 Å². The van der Waals surface area contributed by atoms with Crippen LogP contribution in [0.2, 0.25) is 5.22 Å². The molecule has 0 amide bonds. The number of hydrogen-bond acceptors (Lipinski definition) is 3. The molecule has 0 saturated carbocycles. The van der Waals surface area contributed by atoms with Crippen LogP contribution in [0.15, 0.2) is 33.5 Å². The van der Waals surface area contributed by atoms with E-state index in [2.05, 4.69) is 0 Å². The fraction of sp³-hybridized carbons (Fsp3) is 0.100. The van der Waals surface area contributed by atoms with E-state index in [0.29, 0.717) is 5.56 Å². The zero-order valence-electron chi connectivity index (χ0n) is 7.41. The van der Waals surface area contributed by atoms with Gasteiger partial charge in [-0.05, 0) is 36.2 Å². The summed E-state index contributed by atoms with van der Waals surface area (Å²) in [5, 5.41) is 0.203. The minimum atomic E-state index is -0.219. The Labute approximate surface area is 85.3 Å². The molecular weight excluding hydrogens is 204 g/mol. The van der Waals surface area contributed by atoms with Crippen molar-refractivity contribution in [2.24, 2.45) is 0 Å². The van der Waals surface area contributed by atoms with E-state index in [1.807, 2.05) is 0 Å². The smallest absolute Gasteiger partial charge is 0.231 e. The molecule has 0 spiro atoms. The molecule has 2 aromatic heterocycles. The van der Waals surface area contributed by atoms with E-state index in [9.17, 15) is 4.79 Å². The van der Waals surface area contributed by atoms with Crippen LogP contribution in [0.4, 0.5) is 0 Å². The SMILES string of the molecule is Cc1cocc1C(=O)c1ccc(Cl)o1. The van der Waals surface area contributed by atoms with E-state index < -0.39 is 0 Å². The maximum absolute atomic E-state index is 11.7. The highest BCUT2D eigenvalue weighted by molar-refractivity contribution is 6.29. The second kappa shape index (κ2) is 3.35. The lowest BCUT2D eigenvalue weighted by atomic mass is 10.1. The summed E-state index contributed by atoms with van der Waals surface area (Å²) < 4.78 is 9.90. The van der Waals surface area contributed by atoms with Gasteiger partial charge in [-0.3, -0.25) is 4.79 Å². The molecule has 2 aromatic rings. The molecule has 0 atom stereocenters. The molecule has 0 fully saturated rings. The number of hydrogen-bond donors (Lipinski definition) is 0. The minimum Gasteiger partial charge on any atom is -0.472 e. The van der Waals surface area contributed by atoms with Gasteiger partial charge in [0, 0.05) is 0 Å². The van der Waals surface area contributed by atoms with Crippen LogP contribution in [0.3, 0.4) is 0 Å². The van der Waals surface area contributed by atoms with Crippen molar-refractivity contribution in [1.29, 1.82) is 0 Å². The third-order valence-corrected chi connectivity index (χ3v) is 2.10. The molecule has 72 valence electrons. The van der Waals surface area contributed by atoms with Crippen molar-refractivity contribution in [3.8, 4) is 0 Å². The fourth-order valence-corrected chi connectivity index (χ4v) is 1.31. The van der Waals surface area contributed by atoms with Gasteiger partial charge in [-0.2, -0.15) is 0 Å². The van der Waals surface area contributed by atoms with Crippen molar-refractivity contribution in [2.45, 2.75) is 6.92 Å². The van der Waals surface area contributed by atoms with Gasteiger partial charge < -0.3 is 8.83 Å². The molecule has 0 N–H and O–H groups in total. The second-order valence-corrected chi connectivity index (χ2v) is 3.27. The summed E-state index contributed by atoms with van der Waals surface area (Å²) in [5.74, 6) is 0.00245. The van der Waals surface area contributed by atoms with E-state index in [0.717, 1.165) is 5.56 Å². The van der Waals surface area contributed by atoms with Crippen LogP contribution in [0, 0.1) is 6.92 Å². The largest absolute Gasteiger partial charge is 0.472 e. The molecule has 0 aliphatic heterocycles. The summed E-state index contributed by atoms with van der Waals surface area (Å²) in [7, 11) is 0. The number of halogens is 1. The van der Waals surface area contributed by atoms with Gasteiger partial charge in [-0.25, -0.2) is 0 Å². The van der Waals surface area contributed by atoms with Crippen LogP contribution in [0.5, 0.6) is 0 Å². The van der Waals surface area contributed by atoms with Gasteiger partial charge in [-0.1, -0.05) is 0 Å². The highest BCUT2D eigenvalue weighted by Crippen LogP contribution is 2.19. The van der Waals surface area contributed by atoms with Crippen molar-refractivity contribution < 1.29 is 13.6 Å². The molecule has 4 heteroatoms. The van der Waals surface area contributed by atoms with Crippen LogP contribution in [0.1, 0.15) is 21.7 Å². The molecule has 2 heterocycles. The lowest BCUT2D eigenvalue weighted by Crippen LogP contribution is -1.99. The van der Waals surface area contributed by atoms with Gasteiger partial charge >= 0.3 is 0 Å². The van der Waals surface area contributed by atoms with E-state index in [1.54, 1.807) is 6.92 Å². The van der Waals surface area contributed by atoms with Gasteiger partial charge in [0.25, 0.3) is 0 Å². The lowest BCUT2D eigenvalue weighted by molar-refractivity contribution is 0.101. The van der Waals surface area contributed by atoms with Crippen molar-refractivity contribution in [3.05, 3.63) is 46.8 Å². The van der Waals surface area contributed by atoms with Gasteiger partial charge in [0.15, 0.2) is 11.0 Å². The van der Waals surface area contributed by atoms with E-state index >= 15 is 0 Å². The average molecular weight is 211 g/mol. The molecule has 3 nitrogen and oxygen atoms in total. The first-order valence-corrected chi connectivity index (χ1v) is 4.39. The predicted molar refractivity (Wildman–Crippen MR) is 50.6 cm³/mol. The Kier molecular flexibility index (Phi) is 2.17. The maximum Gasteiger partial charge on any atom is 0.231 e. The quantitative estimate of drug-likeness (QED) is 0.716. The van der Waals surface area contributed by atoms with E-state index in [-0.39, 0.29) is 16.8 Å². The molecule has 0 unspecified atom stereocenters. The maximum atomic E-state index is 11.7. The molecule has 14 heavy (non-hydrogen) atoms. The normalized spacial score (nSPS) is 10.4. The summed E-state index contributed by atoms with van der Waals surface area (Å²) in [6.45, 7) is 1.79. The molecule has 0 radical (unpaired) electrons. The van der Waals surface area contributed by atoms with Crippen molar-refractivity contribution in [2.75, 3.05) is 0 Å². The molecule has 0 aliphatic rings. The first-order valence-electron chi connectivity index (χ1n) is 4.01. The van der Waals surface area contributed by atoms with Crippen LogP contribution in [0.25, 0.3) is 0 Å². The highest BCUT2D eigenvalue weighted by atomic mass is 35.5. The summed E-state index contributed by atoms with van der Waals surface area (Å²) in [6, 6.07) is 3.07. The van der Waals surface area contributed by atoms with Gasteiger partial charge in [0.1, 0.15) is 6.26 Å². The molecule has 2 rings (SSSR count). The van der Waals surface area contributed by atoms with E-state index in [4.69, 9.17) is 20.4 Å². The Morgan fingerprint density at radius 3 is 2.64 bits per heavy atom. The summed E-state index contributed by atoms with van der Waals surface area (Å²) >= 11 is 5.56. The minimum absolute atomic E-state index is 0.203. The molecule has 0 saturated heterocycles. The zero-order valence-corrected chi connectivity index (χ0v) is 8.17. The summed E-state index contributed by atoms with van der Waals surface area (Å²) in [5.41, 5.74) is 1.28. The number of carbonyl (C=O) groups is 1. The van der Waals surface area contributed by atoms with Crippen molar-refractivity contribution in [1.82, 2.24) is 0 Å². The first-order chi connectivity index (χ1) is 6.68. The number of ketones is 1. The fourth-order valence-electron chi connectivity index (χ4n) is 1.16. The average Bonchev–Trinajstić information content (AvgIpc) is 2.73. The summed E-state index contributed by atoms with van der Waals surface area (Å²) in [4.78, 5) is 11.7. The van der Waals surface area contributed by atoms with Crippen molar-refractivity contribution >= 4 is 17.4 Å². The Bertz CT molecular complexity index is 467. The Hall–Kier alpha value is -1.48. The highest BCUT2D eigenvalue weighted by Gasteiger charge is 2.16. The van der Waals surface area contributed by atoms with E-state index in [1.165, 1.54) is 24.7 Å². The van der Waals surface area contributed by atoms with Crippen LogP contribution in [-0.2, 0) is 0 Å². The summed E-state index contributed by atoms with van der Waals surface area (Å²) in [6.07, 6.45) is 2.91. The van der Waals surface area contributed by atoms with Gasteiger partial charge in [-0.15, -0.1) is 0 Å². The third-order valence-electron chi connectivity index (χ3n) is 1.90. The molecule has 0 bridgehead atoms. The van der Waals surface area contributed by atoms with Gasteiger partial charge in [0.05, 0.1) is 11.8 Å². The number of aryl methyl sites for hydroxylation is 1. The number of carbonyl (C=O) groups excluding carboxylic acids is 1. The second-order valence-electron chi connectivity index (χ2n) is 2.90. The topological polar surface area (TPSA) is 43.4 Å². The Morgan fingerprint density at radius 2 is 2.14 bits per heavy atom. The predicted octanol–water partition coefficient (Wildman–Crippen LogP) is 3.07. The Morgan fingerprint density at radius 1 is 1.36 bits per heavy atom. The molecular formula is C10H7ClO3. The lowest BCUT2D eigenvalue weighted by Gasteiger charge is -1.93. The molecule has 0 aromatic carbocycles. The monoisotopic (exact) mass is 210 g/mol. The standard InChI is InChI=1S/C10H7ClO3/c1-6-4-13-5-7(6)10(12)8-2-3-9(11)14-8/h2-5H,1H3. The number of rotatable bonds is 2. The molecule has 0 aliphatic carbocycles. The zero-order chi connectivity index (χ0) is 10.1. The number of furan rings is 2. The van der Waals surface area contributed by atoms with Crippen LogP contribution in [-0.4, -0.2) is 5.78 Å².